The molecule has 0 atom stereocenters. The molecule has 1 saturated carbocycles. The molecule has 0 spiro atoms. The van der Waals surface area contributed by atoms with Crippen molar-refractivity contribution in [3.8, 4) is 0 Å². The van der Waals surface area contributed by atoms with Gasteiger partial charge in [-0.25, -0.2) is 0 Å². The number of carbonyl (C=O) groups excluding carboxylic acids is 1. The van der Waals surface area contributed by atoms with E-state index in [4.69, 9.17) is 0 Å². The van der Waals surface area contributed by atoms with Crippen LogP contribution in [0.25, 0.3) is 0 Å². The molecular weight excluding hydrogens is 210 g/mol. The summed E-state index contributed by atoms with van der Waals surface area (Å²) in [5.74, 6) is 0. The standard InChI is InChI=1S/C15H21NO/c17-13-15(14-9-5-8-12-16-14)10-6-3-1-2-4-7-11-15/h5,8-9,12-13H,1-4,6-7,10-11H2. The molecule has 2 heteroatoms. The Morgan fingerprint density at radius 1 is 1.00 bits per heavy atom. The highest BCUT2D eigenvalue weighted by atomic mass is 16.1. The van der Waals surface area contributed by atoms with Gasteiger partial charge in [-0.1, -0.05) is 44.6 Å². The zero-order valence-electron chi connectivity index (χ0n) is 10.4. The molecule has 0 aliphatic heterocycles. The van der Waals surface area contributed by atoms with Crippen LogP contribution in [0.2, 0.25) is 0 Å². The fraction of sp³-hybridized carbons (Fsp3) is 0.600. The number of carbonyl (C=O) groups is 1. The van der Waals surface area contributed by atoms with E-state index in [1.165, 1.54) is 25.7 Å². The van der Waals surface area contributed by atoms with E-state index in [0.717, 1.165) is 37.7 Å². The summed E-state index contributed by atoms with van der Waals surface area (Å²) in [6.45, 7) is 0. The Morgan fingerprint density at radius 2 is 1.65 bits per heavy atom. The molecule has 0 amide bonds. The number of nitrogens with zero attached hydrogens (tertiary/aromatic N) is 1. The van der Waals surface area contributed by atoms with Crippen molar-refractivity contribution in [2.24, 2.45) is 0 Å². The van der Waals surface area contributed by atoms with Crippen molar-refractivity contribution in [1.82, 2.24) is 4.98 Å². The molecular formula is C15H21NO. The lowest BCUT2D eigenvalue weighted by Gasteiger charge is -2.27. The third-order valence-corrected chi connectivity index (χ3v) is 3.90. The summed E-state index contributed by atoms with van der Waals surface area (Å²) in [4.78, 5) is 16.0. The quantitative estimate of drug-likeness (QED) is 0.727. The monoisotopic (exact) mass is 231 g/mol. The molecule has 1 fully saturated rings. The molecule has 2 nitrogen and oxygen atoms in total. The molecule has 0 unspecified atom stereocenters. The zero-order chi connectivity index (χ0) is 12.0. The maximum absolute atomic E-state index is 11.6. The van der Waals surface area contributed by atoms with Gasteiger partial charge in [-0.15, -0.1) is 0 Å². The lowest BCUT2D eigenvalue weighted by atomic mass is 9.77. The Balaban J connectivity index is 2.23. The molecule has 1 aliphatic rings. The van der Waals surface area contributed by atoms with E-state index in [1.807, 2.05) is 18.2 Å². The lowest BCUT2D eigenvalue weighted by molar-refractivity contribution is -0.113. The van der Waals surface area contributed by atoms with Crippen LogP contribution in [0, 0.1) is 0 Å². The highest BCUT2D eigenvalue weighted by molar-refractivity contribution is 5.67. The average Bonchev–Trinajstić information content (AvgIpc) is 2.52. The summed E-state index contributed by atoms with van der Waals surface area (Å²) in [6.07, 6.45) is 12.3. The van der Waals surface area contributed by atoms with Crippen molar-refractivity contribution < 1.29 is 4.79 Å². The molecule has 0 N–H and O–H groups in total. The van der Waals surface area contributed by atoms with Gasteiger partial charge in [-0.2, -0.15) is 0 Å². The van der Waals surface area contributed by atoms with E-state index >= 15 is 0 Å². The van der Waals surface area contributed by atoms with Gasteiger partial charge in [0.05, 0.1) is 11.1 Å². The van der Waals surface area contributed by atoms with Crippen LogP contribution in [0.15, 0.2) is 24.4 Å². The number of aldehydes is 1. The lowest BCUT2D eigenvalue weighted by Crippen LogP contribution is -2.29. The van der Waals surface area contributed by atoms with E-state index in [-0.39, 0.29) is 5.41 Å². The van der Waals surface area contributed by atoms with Gasteiger partial charge in [0.25, 0.3) is 0 Å². The number of hydrogen-bond donors (Lipinski definition) is 0. The van der Waals surface area contributed by atoms with E-state index in [2.05, 4.69) is 4.98 Å². The Morgan fingerprint density at radius 3 is 2.18 bits per heavy atom. The van der Waals surface area contributed by atoms with Crippen LogP contribution in [0.3, 0.4) is 0 Å². The summed E-state index contributed by atoms with van der Waals surface area (Å²) in [5, 5.41) is 0. The van der Waals surface area contributed by atoms with E-state index in [9.17, 15) is 4.79 Å². The molecule has 0 saturated heterocycles. The van der Waals surface area contributed by atoms with Gasteiger partial charge < -0.3 is 4.79 Å². The predicted octanol–water partition coefficient (Wildman–Crippen LogP) is 3.65. The van der Waals surface area contributed by atoms with Crippen molar-refractivity contribution in [2.45, 2.75) is 56.8 Å². The van der Waals surface area contributed by atoms with Gasteiger partial charge in [-0.3, -0.25) is 4.98 Å². The third kappa shape index (κ3) is 2.93. The Labute approximate surface area is 103 Å². The summed E-state index contributed by atoms with van der Waals surface area (Å²) in [5.41, 5.74) is 0.655. The number of hydrogen-bond acceptors (Lipinski definition) is 2. The molecule has 92 valence electrons. The van der Waals surface area contributed by atoms with Crippen molar-refractivity contribution in [3.63, 3.8) is 0 Å². The van der Waals surface area contributed by atoms with Crippen LogP contribution < -0.4 is 0 Å². The molecule has 0 aromatic carbocycles. The van der Waals surface area contributed by atoms with Crippen LogP contribution in [-0.4, -0.2) is 11.3 Å². The van der Waals surface area contributed by atoms with Crippen molar-refractivity contribution in [1.29, 1.82) is 0 Å². The highest BCUT2D eigenvalue weighted by Crippen LogP contribution is 2.34. The van der Waals surface area contributed by atoms with Crippen LogP contribution in [0.4, 0.5) is 0 Å². The largest absolute Gasteiger partial charge is 0.302 e. The SMILES string of the molecule is O=CC1(c2ccccn2)CCCCCCCC1. The minimum absolute atomic E-state index is 0.314. The normalized spacial score (nSPS) is 20.9. The summed E-state index contributed by atoms with van der Waals surface area (Å²) < 4.78 is 0. The molecule has 2 rings (SSSR count). The van der Waals surface area contributed by atoms with Gasteiger partial charge in [0.1, 0.15) is 6.29 Å². The van der Waals surface area contributed by atoms with Crippen molar-refractivity contribution in [3.05, 3.63) is 30.1 Å². The second-order valence-corrected chi connectivity index (χ2v) is 5.11. The van der Waals surface area contributed by atoms with Crippen LogP contribution in [-0.2, 0) is 10.2 Å². The van der Waals surface area contributed by atoms with Crippen LogP contribution in [0.5, 0.6) is 0 Å². The Kier molecular flexibility index (Phi) is 4.29. The molecule has 1 aromatic heterocycles. The average molecular weight is 231 g/mol. The van der Waals surface area contributed by atoms with Gasteiger partial charge >= 0.3 is 0 Å². The topological polar surface area (TPSA) is 30.0 Å². The molecule has 1 aromatic rings. The van der Waals surface area contributed by atoms with Gasteiger partial charge in [0, 0.05) is 6.20 Å². The van der Waals surface area contributed by atoms with Gasteiger partial charge in [-0.05, 0) is 25.0 Å². The summed E-state index contributed by atoms with van der Waals surface area (Å²) in [7, 11) is 0. The van der Waals surface area contributed by atoms with Crippen LogP contribution in [0.1, 0.15) is 57.1 Å². The predicted molar refractivity (Wildman–Crippen MR) is 68.9 cm³/mol. The van der Waals surface area contributed by atoms with Crippen molar-refractivity contribution in [2.75, 3.05) is 0 Å². The maximum Gasteiger partial charge on any atom is 0.132 e. The minimum atomic E-state index is -0.314. The fourth-order valence-corrected chi connectivity index (χ4v) is 2.80. The molecule has 17 heavy (non-hydrogen) atoms. The van der Waals surface area contributed by atoms with Gasteiger partial charge in [0.15, 0.2) is 0 Å². The Bertz CT molecular complexity index is 337. The van der Waals surface area contributed by atoms with E-state index in [1.54, 1.807) is 6.20 Å². The second kappa shape index (κ2) is 5.95. The molecule has 0 bridgehead atoms. The first kappa shape index (κ1) is 12.3. The minimum Gasteiger partial charge on any atom is -0.302 e. The zero-order valence-corrected chi connectivity index (χ0v) is 10.4. The van der Waals surface area contributed by atoms with Crippen LogP contribution >= 0.6 is 0 Å². The summed E-state index contributed by atoms with van der Waals surface area (Å²) in [6, 6.07) is 5.91. The van der Waals surface area contributed by atoms with E-state index < -0.39 is 0 Å². The number of aromatic nitrogens is 1. The molecule has 0 radical (unpaired) electrons. The summed E-state index contributed by atoms with van der Waals surface area (Å²) >= 11 is 0. The molecule has 1 heterocycles. The van der Waals surface area contributed by atoms with Crippen molar-refractivity contribution >= 4 is 6.29 Å². The Hall–Kier alpha value is -1.18. The third-order valence-electron chi connectivity index (χ3n) is 3.90. The first-order chi connectivity index (χ1) is 8.37. The maximum atomic E-state index is 11.6. The highest BCUT2D eigenvalue weighted by Gasteiger charge is 2.32. The van der Waals surface area contributed by atoms with E-state index in [0.29, 0.717) is 0 Å². The first-order valence-electron chi connectivity index (χ1n) is 6.75. The molecule has 1 aliphatic carbocycles. The number of rotatable bonds is 2. The number of pyridine rings is 1. The smallest absolute Gasteiger partial charge is 0.132 e. The fourth-order valence-electron chi connectivity index (χ4n) is 2.80. The first-order valence-corrected chi connectivity index (χ1v) is 6.75. The van der Waals surface area contributed by atoms with Gasteiger partial charge in [0.2, 0.25) is 0 Å². The second-order valence-electron chi connectivity index (χ2n) is 5.11.